The van der Waals surface area contributed by atoms with Crippen molar-refractivity contribution in [3.8, 4) is 11.5 Å². The predicted molar refractivity (Wildman–Crippen MR) is 71.5 cm³/mol. The second-order valence-electron chi connectivity index (χ2n) is 3.83. The molecule has 1 aromatic carbocycles. The van der Waals surface area contributed by atoms with Gasteiger partial charge in [0.1, 0.15) is 12.4 Å². The largest absolute Gasteiger partial charge is 0.493 e. The molecule has 1 heterocycles. The Morgan fingerprint density at radius 1 is 1.37 bits per heavy atom. The van der Waals surface area contributed by atoms with Gasteiger partial charge in [-0.1, -0.05) is 0 Å². The highest BCUT2D eigenvalue weighted by atomic mass is 16.5. The maximum absolute atomic E-state index is 8.80. The van der Waals surface area contributed by atoms with Crippen molar-refractivity contribution in [2.45, 2.75) is 6.54 Å². The number of benzene rings is 1. The number of hydrogen-bond donors (Lipinski definition) is 3. The van der Waals surface area contributed by atoms with Gasteiger partial charge in [-0.3, -0.25) is 0 Å². The second kappa shape index (κ2) is 6.65. The average molecular weight is 263 g/mol. The first-order valence-corrected chi connectivity index (χ1v) is 5.97. The minimum absolute atomic E-state index is 0.0345. The van der Waals surface area contributed by atoms with Crippen molar-refractivity contribution in [1.82, 2.24) is 9.97 Å². The molecular formula is C13H17N3O3. The first-order chi connectivity index (χ1) is 9.33. The Bertz CT molecular complexity index is 500. The van der Waals surface area contributed by atoms with Crippen LogP contribution in [0.4, 0.5) is 5.69 Å². The van der Waals surface area contributed by atoms with Crippen molar-refractivity contribution in [2.24, 2.45) is 0 Å². The molecule has 2 rings (SSSR count). The minimum atomic E-state index is -0.0345. The van der Waals surface area contributed by atoms with Crippen molar-refractivity contribution >= 4 is 5.69 Å². The quantitative estimate of drug-likeness (QED) is 0.703. The third kappa shape index (κ3) is 3.62. The molecule has 0 saturated carbocycles. The Hall–Kier alpha value is -2.21. The summed E-state index contributed by atoms with van der Waals surface area (Å²) in [6.07, 6.45) is 3.49. The van der Waals surface area contributed by atoms with Crippen LogP contribution >= 0.6 is 0 Å². The number of nitrogens with one attached hydrogen (secondary N) is 2. The van der Waals surface area contributed by atoms with Gasteiger partial charge >= 0.3 is 0 Å². The van der Waals surface area contributed by atoms with Crippen LogP contribution in [0.1, 0.15) is 5.82 Å². The number of methoxy groups -OCH3 is 1. The molecule has 0 aliphatic carbocycles. The van der Waals surface area contributed by atoms with Gasteiger partial charge < -0.3 is 24.9 Å². The first-order valence-electron chi connectivity index (χ1n) is 5.97. The van der Waals surface area contributed by atoms with Crippen LogP contribution in [0, 0.1) is 0 Å². The summed E-state index contributed by atoms with van der Waals surface area (Å²) in [5.74, 6) is 2.09. The van der Waals surface area contributed by atoms with Crippen LogP contribution in [-0.4, -0.2) is 35.4 Å². The summed E-state index contributed by atoms with van der Waals surface area (Å²) in [5, 5.41) is 12.0. The van der Waals surface area contributed by atoms with Crippen molar-refractivity contribution < 1.29 is 14.6 Å². The van der Waals surface area contributed by atoms with E-state index >= 15 is 0 Å². The number of nitrogens with zero attached hydrogens (tertiary/aromatic N) is 1. The van der Waals surface area contributed by atoms with Gasteiger partial charge in [-0.15, -0.1) is 0 Å². The molecule has 0 atom stereocenters. The predicted octanol–water partition coefficient (Wildman–Crippen LogP) is 1.40. The van der Waals surface area contributed by atoms with Crippen LogP contribution < -0.4 is 14.8 Å². The van der Waals surface area contributed by atoms with E-state index in [1.807, 2.05) is 18.2 Å². The van der Waals surface area contributed by atoms with Crippen molar-refractivity contribution in [2.75, 3.05) is 25.6 Å². The van der Waals surface area contributed by atoms with E-state index in [1.54, 1.807) is 19.5 Å². The fourth-order valence-corrected chi connectivity index (χ4v) is 1.64. The minimum Gasteiger partial charge on any atom is -0.493 e. The molecule has 0 unspecified atom stereocenters. The summed E-state index contributed by atoms with van der Waals surface area (Å²) in [7, 11) is 1.58. The van der Waals surface area contributed by atoms with Gasteiger partial charge in [-0.25, -0.2) is 4.98 Å². The van der Waals surface area contributed by atoms with Crippen LogP contribution in [0.15, 0.2) is 30.6 Å². The number of anilines is 1. The molecular weight excluding hydrogens is 246 g/mol. The zero-order chi connectivity index (χ0) is 13.5. The van der Waals surface area contributed by atoms with Crippen molar-refractivity contribution in [1.29, 1.82) is 0 Å². The van der Waals surface area contributed by atoms with Crippen molar-refractivity contribution in [3.05, 3.63) is 36.4 Å². The van der Waals surface area contributed by atoms with E-state index in [4.69, 9.17) is 14.6 Å². The standard InChI is InChI=1S/C13H17N3O3/c1-18-11-3-2-10(8-12(11)19-7-6-17)16-9-13-14-4-5-15-13/h2-5,8,16-17H,6-7,9H2,1H3,(H,14,15). The molecule has 0 bridgehead atoms. The summed E-state index contributed by atoms with van der Waals surface area (Å²) < 4.78 is 10.6. The molecule has 0 amide bonds. The van der Waals surface area contributed by atoms with Crippen LogP contribution in [0.25, 0.3) is 0 Å². The molecule has 0 aliphatic rings. The Labute approximate surface area is 111 Å². The van der Waals surface area contributed by atoms with E-state index in [2.05, 4.69) is 15.3 Å². The fraction of sp³-hybridized carbons (Fsp3) is 0.308. The molecule has 0 fully saturated rings. The SMILES string of the molecule is COc1ccc(NCc2ncc[nH]2)cc1OCCO. The van der Waals surface area contributed by atoms with Gasteiger partial charge in [-0.2, -0.15) is 0 Å². The Balaban J connectivity index is 2.04. The lowest BCUT2D eigenvalue weighted by Crippen LogP contribution is -2.05. The molecule has 0 aliphatic heterocycles. The maximum atomic E-state index is 8.80. The van der Waals surface area contributed by atoms with E-state index in [1.165, 1.54) is 0 Å². The van der Waals surface area contributed by atoms with E-state index in [0.29, 0.717) is 18.0 Å². The number of aliphatic hydroxyl groups excluding tert-OH is 1. The highest BCUT2D eigenvalue weighted by Crippen LogP contribution is 2.30. The molecule has 6 nitrogen and oxygen atoms in total. The maximum Gasteiger partial charge on any atom is 0.163 e. The Morgan fingerprint density at radius 2 is 2.26 bits per heavy atom. The van der Waals surface area contributed by atoms with Gasteiger partial charge in [0.2, 0.25) is 0 Å². The molecule has 19 heavy (non-hydrogen) atoms. The first kappa shape index (κ1) is 13.2. The number of hydrogen-bond acceptors (Lipinski definition) is 5. The van der Waals surface area contributed by atoms with Gasteiger partial charge in [0.05, 0.1) is 20.3 Å². The van der Waals surface area contributed by atoms with Crippen LogP contribution in [0.5, 0.6) is 11.5 Å². The molecule has 102 valence electrons. The number of aromatic amines is 1. The molecule has 1 aromatic heterocycles. The molecule has 2 aromatic rings. The van der Waals surface area contributed by atoms with Crippen LogP contribution in [0.2, 0.25) is 0 Å². The molecule has 0 spiro atoms. The van der Waals surface area contributed by atoms with Gasteiger partial charge in [-0.05, 0) is 12.1 Å². The summed E-state index contributed by atoms with van der Waals surface area (Å²) in [5.41, 5.74) is 0.894. The lowest BCUT2D eigenvalue weighted by Gasteiger charge is -2.12. The molecule has 0 radical (unpaired) electrons. The zero-order valence-electron chi connectivity index (χ0n) is 10.7. The highest BCUT2D eigenvalue weighted by molar-refractivity contribution is 5.54. The number of ether oxygens (including phenoxy) is 2. The van der Waals surface area contributed by atoms with Gasteiger partial charge in [0.15, 0.2) is 11.5 Å². The summed E-state index contributed by atoms with van der Waals surface area (Å²) in [6, 6.07) is 5.54. The number of H-pyrrole nitrogens is 1. The third-order valence-electron chi connectivity index (χ3n) is 2.53. The smallest absolute Gasteiger partial charge is 0.163 e. The normalized spacial score (nSPS) is 10.2. The highest BCUT2D eigenvalue weighted by Gasteiger charge is 2.06. The summed E-state index contributed by atoms with van der Waals surface area (Å²) in [4.78, 5) is 7.15. The van der Waals surface area contributed by atoms with E-state index in [9.17, 15) is 0 Å². The summed E-state index contributed by atoms with van der Waals surface area (Å²) >= 11 is 0. The number of aromatic nitrogens is 2. The molecule has 0 saturated heterocycles. The number of imidazole rings is 1. The van der Waals surface area contributed by atoms with Gasteiger partial charge in [0, 0.05) is 24.1 Å². The van der Waals surface area contributed by atoms with Crippen LogP contribution in [-0.2, 0) is 6.54 Å². The monoisotopic (exact) mass is 263 g/mol. The molecule has 3 N–H and O–H groups in total. The summed E-state index contributed by atoms with van der Waals surface area (Å²) in [6.45, 7) is 0.796. The number of rotatable bonds is 7. The van der Waals surface area contributed by atoms with Crippen molar-refractivity contribution in [3.63, 3.8) is 0 Å². The zero-order valence-corrected chi connectivity index (χ0v) is 10.7. The van der Waals surface area contributed by atoms with Crippen LogP contribution in [0.3, 0.4) is 0 Å². The van der Waals surface area contributed by atoms with E-state index in [-0.39, 0.29) is 13.2 Å². The molecule has 6 heteroatoms. The topological polar surface area (TPSA) is 79.4 Å². The Kier molecular flexibility index (Phi) is 4.63. The number of aliphatic hydroxyl groups is 1. The fourth-order valence-electron chi connectivity index (χ4n) is 1.64. The van der Waals surface area contributed by atoms with E-state index < -0.39 is 0 Å². The van der Waals surface area contributed by atoms with E-state index in [0.717, 1.165) is 11.5 Å². The lowest BCUT2D eigenvalue weighted by molar-refractivity contribution is 0.196. The lowest BCUT2D eigenvalue weighted by atomic mass is 10.2. The second-order valence-corrected chi connectivity index (χ2v) is 3.83. The average Bonchev–Trinajstić information content (AvgIpc) is 2.96. The Morgan fingerprint density at radius 3 is 2.95 bits per heavy atom. The third-order valence-corrected chi connectivity index (χ3v) is 2.53. The van der Waals surface area contributed by atoms with Gasteiger partial charge in [0.25, 0.3) is 0 Å².